The molecule has 8 rings (SSSR count). The van der Waals surface area contributed by atoms with Crippen LogP contribution in [0.3, 0.4) is 0 Å². The quantitative estimate of drug-likeness (QED) is 0.187. The number of aromatic nitrogens is 3. The van der Waals surface area contributed by atoms with E-state index in [4.69, 9.17) is 14.4 Å². The van der Waals surface area contributed by atoms with E-state index in [-0.39, 0.29) is 43.2 Å². The van der Waals surface area contributed by atoms with Crippen molar-refractivity contribution in [2.75, 3.05) is 37.7 Å². The number of carbonyl (C=O) groups excluding carboxylic acids is 1. The second-order valence-electron chi connectivity index (χ2n) is 13.5. The Balaban J connectivity index is 1.40. The van der Waals surface area contributed by atoms with Gasteiger partial charge in [-0.2, -0.15) is 5.26 Å². The van der Waals surface area contributed by atoms with Crippen LogP contribution >= 0.6 is 0 Å². The summed E-state index contributed by atoms with van der Waals surface area (Å²) in [5.74, 6) is -2.33. The number of nitriles is 1. The molecule has 1 aliphatic heterocycles. The van der Waals surface area contributed by atoms with Crippen LogP contribution in [0.5, 0.6) is 0 Å². The maximum atomic E-state index is 14.2. The third kappa shape index (κ3) is 5.82. The lowest BCUT2D eigenvalue weighted by Crippen LogP contribution is -2.26. The number of pyridine rings is 1. The zero-order valence-corrected chi connectivity index (χ0v) is 30.1. The van der Waals surface area contributed by atoms with Gasteiger partial charge in [0.25, 0.3) is 11.8 Å². The lowest BCUT2D eigenvalue weighted by Gasteiger charge is -2.21. The molecule has 0 spiro atoms. The number of benzene rings is 3. The number of alkyl halides is 2. The minimum atomic E-state index is -3.78. The van der Waals surface area contributed by atoms with E-state index in [1.165, 1.54) is 14.1 Å². The summed E-state index contributed by atoms with van der Waals surface area (Å²) >= 11 is 0. The number of sulfonamides is 1. The molecule has 7 aromatic rings. The average molecular weight is 734 g/mol. The van der Waals surface area contributed by atoms with Gasteiger partial charge in [0.05, 0.1) is 64.5 Å². The van der Waals surface area contributed by atoms with Crippen LogP contribution in [0, 0.1) is 18.3 Å². The summed E-state index contributed by atoms with van der Waals surface area (Å²) in [6.07, 6.45) is 0.855. The van der Waals surface area contributed by atoms with Gasteiger partial charge in [0.1, 0.15) is 22.7 Å². The van der Waals surface area contributed by atoms with Crippen molar-refractivity contribution in [3.05, 3.63) is 95.3 Å². The third-order valence-electron chi connectivity index (χ3n) is 9.89. The molecule has 3 aromatic carbocycles. The van der Waals surface area contributed by atoms with Crippen LogP contribution in [-0.4, -0.2) is 73.0 Å². The van der Waals surface area contributed by atoms with Crippen LogP contribution in [0.4, 0.5) is 14.5 Å². The number of hydrogen-bond acceptors (Lipinski definition) is 8. The van der Waals surface area contributed by atoms with Crippen molar-refractivity contribution in [1.29, 1.82) is 5.26 Å². The molecule has 1 fully saturated rings. The van der Waals surface area contributed by atoms with Crippen molar-refractivity contribution in [2.45, 2.75) is 25.8 Å². The molecule has 14 heteroatoms. The normalized spacial score (nSPS) is 14.7. The maximum absolute atomic E-state index is 14.2. The third-order valence-corrected chi connectivity index (χ3v) is 11.1. The average Bonchev–Trinajstić information content (AvgIpc) is 3.82. The van der Waals surface area contributed by atoms with Crippen LogP contribution in [0.25, 0.3) is 61.0 Å². The second kappa shape index (κ2) is 12.4. The minimum absolute atomic E-state index is 0.149. The predicted molar refractivity (Wildman–Crippen MR) is 200 cm³/mol. The molecule has 0 bridgehead atoms. The van der Waals surface area contributed by atoms with E-state index in [0.717, 1.165) is 16.1 Å². The standard InChI is InChI=1S/C39H33F2N7O4S/c1-22-8-10-23(11-9-22)37-35(38(49)43-2)27-16-26(31(18-33(27)52-37)46(3)53(4,50)51)28-12-13-29-36(45-28)32-17-25-24(19-42)6-5-7-30(25)48(32)34(44-29)20-47-15-14-39(40,41)21-47/h5-13,16-18H,14-15,20-21H2,1-4H3,(H,43,49). The molecule has 5 heterocycles. The predicted octanol–water partition coefficient (Wildman–Crippen LogP) is 6.89. The van der Waals surface area contributed by atoms with Gasteiger partial charge in [-0.1, -0.05) is 35.9 Å². The molecule has 53 heavy (non-hydrogen) atoms. The summed E-state index contributed by atoms with van der Waals surface area (Å²) in [6, 6.07) is 23.7. The van der Waals surface area contributed by atoms with E-state index < -0.39 is 15.9 Å². The molecule has 0 saturated carbocycles. The smallest absolute Gasteiger partial charge is 0.261 e. The van der Waals surface area contributed by atoms with Crippen molar-refractivity contribution >= 4 is 60.0 Å². The molecule has 268 valence electrons. The van der Waals surface area contributed by atoms with Crippen LogP contribution in [-0.2, 0) is 16.6 Å². The number of nitrogens with one attached hydrogen (secondary N) is 1. The van der Waals surface area contributed by atoms with Crippen molar-refractivity contribution in [3.8, 4) is 28.7 Å². The number of aryl methyl sites for hydroxylation is 1. The lowest BCUT2D eigenvalue weighted by molar-refractivity contribution is 0.0112. The Labute approximate surface area is 303 Å². The van der Waals surface area contributed by atoms with Gasteiger partial charge in [0, 0.05) is 55.0 Å². The highest BCUT2D eigenvalue weighted by molar-refractivity contribution is 7.92. The Bertz CT molecular complexity index is 2810. The molecule has 11 nitrogen and oxygen atoms in total. The van der Waals surface area contributed by atoms with Gasteiger partial charge < -0.3 is 9.73 Å². The Morgan fingerprint density at radius 3 is 2.51 bits per heavy atom. The molecule has 1 N–H and O–H groups in total. The second-order valence-corrected chi connectivity index (χ2v) is 15.5. The number of halogens is 2. The molecule has 0 radical (unpaired) electrons. The number of likely N-dealkylation sites (tertiary alicyclic amines) is 1. The fourth-order valence-corrected chi connectivity index (χ4v) is 7.64. The monoisotopic (exact) mass is 733 g/mol. The van der Waals surface area contributed by atoms with Crippen LogP contribution in [0.2, 0.25) is 0 Å². The van der Waals surface area contributed by atoms with E-state index in [0.29, 0.717) is 72.4 Å². The highest BCUT2D eigenvalue weighted by Crippen LogP contribution is 2.42. The fourth-order valence-electron chi connectivity index (χ4n) is 7.13. The summed E-state index contributed by atoms with van der Waals surface area (Å²) in [5.41, 5.74) is 5.99. The molecule has 0 aliphatic carbocycles. The van der Waals surface area contributed by atoms with Crippen LogP contribution < -0.4 is 9.62 Å². The topological polar surface area (TPSA) is 137 Å². The number of amides is 1. The van der Waals surface area contributed by atoms with Crippen molar-refractivity contribution in [2.24, 2.45) is 0 Å². The zero-order valence-electron chi connectivity index (χ0n) is 29.2. The molecule has 0 atom stereocenters. The van der Waals surface area contributed by atoms with E-state index in [1.54, 1.807) is 41.3 Å². The Hall–Kier alpha value is -5.91. The van der Waals surface area contributed by atoms with Crippen LogP contribution in [0.15, 0.2) is 77.2 Å². The maximum Gasteiger partial charge on any atom is 0.261 e. The summed E-state index contributed by atoms with van der Waals surface area (Å²) < 4.78 is 63.8. The molecule has 1 saturated heterocycles. The van der Waals surface area contributed by atoms with Gasteiger partial charge in [-0.15, -0.1) is 0 Å². The number of furan rings is 1. The first kappa shape index (κ1) is 34.2. The number of anilines is 1. The van der Waals surface area contributed by atoms with Crippen molar-refractivity contribution in [1.82, 2.24) is 24.6 Å². The van der Waals surface area contributed by atoms with Crippen LogP contribution in [0.1, 0.15) is 33.7 Å². The molecule has 0 unspecified atom stereocenters. The van der Waals surface area contributed by atoms with Gasteiger partial charge in [0.15, 0.2) is 0 Å². The van der Waals surface area contributed by atoms with E-state index in [2.05, 4.69) is 11.4 Å². The van der Waals surface area contributed by atoms with E-state index in [1.807, 2.05) is 47.7 Å². The fraction of sp³-hybridized carbons (Fsp3) is 0.231. The molecule has 1 aliphatic rings. The summed E-state index contributed by atoms with van der Waals surface area (Å²) in [6.45, 7) is 1.93. The van der Waals surface area contributed by atoms with E-state index >= 15 is 0 Å². The Morgan fingerprint density at radius 2 is 1.83 bits per heavy atom. The summed E-state index contributed by atoms with van der Waals surface area (Å²) in [7, 11) is -0.826. The number of fused-ring (bicyclic) bond motifs is 6. The van der Waals surface area contributed by atoms with Gasteiger partial charge in [0.2, 0.25) is 10.0 Å². The number of rotatable bonds is 7. The minimum Gasteiger partial charge on any atom is -0.455 e. The molecule has 4 aromatic heterocycles. The Morgan fingerprint density at radius 1 is 1.06 bits per heavy atom. The van der Waals surface area contributed by atoms with Crippen molar-refractivity contribution in [3.63, 3.8) is 0 Å². The summed E-state index contributed by atoms with van der Waals surface area (Å²) in [4.78, 5) is 25.1. The highest BCUT2D eigenvalue weighted by Gasteiger charge is 2.38. The molecular weight excluding hydrogens is 701 g/mol. The SMILES string of the molecule is CNC(=O)c1c(-c2ccc(C)cc2)oc2cc(N(C)S(C)(=O)=O)c(-c3ccc4nc(CN5CCC(F)(F)C5)n5c6cccc(C#N)c6cc5c4n3)cc12. The zero-order chi connectivity index (χ0) is 37.4. The highest BCUT2D eigenvalue weighted by atomic mass is 32.2. The number of carbonyl (C=O) groups is 1. The first-order valence-electron chi connectivity index (χ1n) is 16.8. The van der Waals surface area contributed by atoms with E-state index in [9.17, 15) is 27.3 Å². The molecule has 1 amide bonds. The number of hydrogen-bond donors (Lipinski definition) is 1. The largest absolute Gasteiger partial charge is 0.455 e. The molecular formula is C39H33F2N7O4S. The summed E-state index contributed by atoms with van der Waals surface area (Å²) in [5, 5.41) is 13.8. The first-order valence-corrected chi connectivity index (χ1v) is 18.7. The van der Waals surface area contributed by atoms with Gasteiger partial charge in [-0.3, -0.25) is 18.4 Å². The van der Waals surface area contributed by atoms with Gasteiger partial charge in [-0.05, 0) is 43.3 Å². The number of nitrogens with zero attached hydrogens (tertiary/aromatic N) is 6. The van der Waals surface area contributed by atoms with Crippen molar-refractivity contribution < 1.29 is 26.4 Å². The first-order chi connectivity index (χ1) is 25.3. The lowest BCUT2D eigenvalue weighted by atomic mass is 10.00. The van der Waals surface area contributed by atoms with Gasteiger partial charge >= 0.3 is 0 Å². The Kier molecular flexibility index (Phi) is 7.97. The van der Waals surface area contributed by atoms with Gasteiger partial charge in [-0.25, -0.2) is 27.2 Å².